The Bertz CT molecular complexity index is 957. The topological polar surface area (TPSA) is 26.5 Å². The van der Waals surface area contributed by atoms with Crippen LogP contribution in [-0.2, 0) is 4.74 Å². The minimum Gasteiger partial charge on any atom is -0.383 e. The molecule has 0 amide bonds. The van der Waals surface area contributed by atoms with Crippen molar-refractivity contribution in [2.24, 2.45) is 4.99 Å². The number of thiazole rings is 1. The molecule has 0 spiro atoms. The zero-order valence-corrected chi connectivity index (χ0v) is 16.3. The summed E-state index contributed by atoms with van der Waals surface area (Å²) in [6, 6.07) is 13.0. The van der Waals surface area contributed by atoms with Crippen LogP contribution in [0.3, 0.4) is 0 Å². The SMILES string of the molecule is COCC(C)n1c(-c2ccc(F)cc2)csc1=Nc1cc(C)ccc1C. The van der Waals surface area contributed by atoms with E-state index in [9.17, 15) is 4.39 Å². The van der Waals surface area contributed by atoms with Gasteiger partial charge >= 0.3 is 0 Å². The summed E-state index contributed by atoms with van der Waals surface area (Å²) in [6.45, 7) is 6.81. The molecule has 0 saturated carbocycles. The van der Waals surface area contributed by atoms with E-state index in [1.54, 1.807) is 30.6 Å². The Balaban J connectivity index is 2.18. The standard InChI is InChI=1S/C21H23FN2OS/c1-14-5-6-15(2)19(11-14)23-21-24(16(3)12-25-4)20(13-26-21)17-7-9-18(22)10-8-17/h5-11,13,16H,12H2,1-4H3. The van der Waals surface area contributed by atoms with Gasteiger partial charge in [-0.1, -0.05) is 12.1 Å². The quantitative estimate of drug-likeness (QED) is 0.590. The molecule has 0 fully saturated rings. The van der Waals surface area contributed by atoms with E-state index in [1.807, 2.05) is 0 Å². The minimum atomic E-state index is -0.235. The Kier molecular flexibility index (Phi) is 5.69. The Morgan fingerprint density at radius 1 is 1.15 bits per heavy atom. The van der Waals surface area contributed by atoms with Gasteiger partial charge in [0.05, 0.1) is 24.0 Å². The monoisotopic (exact) mass is 370 g/mol. The molecule has 0 N–H and O–H groups in total. The molecule has 0 aliphatic heterocycles. The van der Waals surface area contributed by atoms with Crippen molar-refractivity contribution in [2.45, 2.75) is 26.8 Å². The lowest BCUT2D eigenvalue weighted by atomic mass is 10.1. The van der Waals surface area contributed by atoms with Crippen LogP contribution < -0.4 is 4.80 Å². The van der Waals surface area contributed by atoms with E-state index in [-0.39, 0.29) is 11.9 Å². The molecule has 5 heteroatoms. The maximum absolute atomic E-state index is 13.3. The second-order valence-corrected chi connectivity index (χ2v) is 7.32. The fourth-order valence-electron chi connectivity index (χ4n) is 2.92. The predicted octanol–water partition coefficient (Wildman–Crippen LogP) is 5.41. The predicted molar refractivity (Wildman–Crippen MR) is 105 cm³/mol. The lowest BCUT2D eigenvalue weighted by Crippen LogP contribution is -2.23. The molecular formula is C21H23FN2OS. The zero-order valence-electron chi connectivity index (χ0n) is 15.5. The molecule has 0 bridgehead atoms. The number of aryl methyl sites for hydroxylation is 2. The van der Waals surface area contributed by atoms with Crippen LogP contribution in [-0.4, -0.2) is 18.3 Å². The van der Waals surface area contributed by atoms with Gasteiger partial charge in [0.2, 0.25) is 0 Å². The summed E-state index contributed by atoms with van der Waals surface area (Å²) in [6.07, 6.45) is 0. The highest BCUT2D eigenvalue weighted by Gasteiger charge is 2.14. The van der Waals surface area contributed by atoms with Crippen molar-refractivity contribution >= 4 is 17.0 Å². The van der Waals surface area contributed by atoms with Crippen molar-refractivity contribution in [3.05, 3.63) is 69.6 Å². The van der Waals surface area contributed by atoms with Gasteiger partial charge in [-0.3, -0.25) is 0 Å². The van der Waals surface area contributed by atoms with E-state index in [0.29, 0.717) is 6.61 Å². The largest absolute Gasteiger partial charge is 0.383 e. The van der Waals surface area contributed by atoms with Crippen molar-refractivity contribution in [1.29, 1.82) is 0 Å². The van der Waals surface area contributed by atoms with Gasteiger partial charge in [0.25, 0.3) is 0 Å². The van der Waals surface area contributed by atoms with Crippen LogP contribution in [0.2, 0.25) is 0 Å². The van der Waals surface area contributed by atoms with Gasteiger partial charge in [-0.05, 0) is 67.8 Å². The fraction of sp³-hybridized carbons (Fsp3) is 0.286. The van der Waals surface area contributed by atoms with Gasteiger partial charge in [0, 0.05) is 12.5 Å². The average molecular weight is 370 g/mol. The number of hydrogen-bond donors (Lipinski definition) is 0. The molecule has 3 aromatic rings. The van der Waals surface area contributed by atoms with Gasteiger partial charge in [0.15, 0.2) is 4.80 Å². The molecule has 0 aliphatic rings. The van der Waals surface area contributed by atoms with Crippen LogP contribution in [0.25, 0.3) is 11.3 Å². The van der Waals surface area contributed by atoms with E-state index in [4.69, 9.17) is 9.73 Å². The third-order valence-corrected chi connectivity index (χ3v) is 5.15. The molecular weight excluding hydrogens is 347 g/mol. The van der Waals surface area contributed by atoms with Crippen LogP contribution in [0.1, 0.15) is 24.1 Å². The van der Waals surface area contributed by atoms with Crippen molar-refractivity contribution in [2.75, 3.05) is 13.7 Å². The molecule has 3 rings (SSSR count). The normalized spacial score (nSPS) is 13.2. The van der Waals surface area contributed by atoms with Crippen LogP contribution in [0.4, 0.5) is 10.1 Å². The van der Waals surface area contributed by atoms with E-state index in [2.05, 4.69) is 48.9 Å². The Morgan fingerprint density at radius 2 is 1.88 bits per heavy atom. The molecule has 0 radical (unpaired) electrons. The minimum absolute atomic E-state index is 0.107. The number of rotatable bonds is 5. The number of halogens is 1. The summed E-state index contributed by atoms with van der Waals surface area (Å²) in [7, 11) is 1.70. The molecule has 1 unspecified atom stereocenters. The van der Waals surface area contributed by atoms with E-state index < -0.39 is 0 Å². The van der Waals surface area contributed by atoms with Crippen LogP contribution in [0.5, 0.6) is 0 Å². The number of methoxy groups -OCH3 is 1. The molecule has 3 nitrogen and oxygen atoms in total. The number of ether oxygens (including phenoxy) is 1. The highest BCUT2D eigenvalue weighted by atomic mass is 32.1. The van der Waals surface area contributed by atoms with Crippen molar-refractivity contribution < 1.29 is 9.13 Å². The third kappa shape index (κ3) is 3.94. The number of aromatic nitrogens is 1. The van der Waals surface area contributed by atoms with Crippen molar-refractivity contribution in [3.8, 4) is 11.3 Å². The second-order valence-electron chi connectivity index (χ2n) is 6.49. The molecule has 0 aliphatic carbocycles. The summed E-state index contributed by atoms with van der Waals surface area (Å²) in [5.74, 6) is -0.235. The van der Waals surface area contributed by atoms with Gasteiger partial charge in [0.1, 0.15) is 5.82 Å². The van der Waals surface area contributed by atoms with E-state index in [1.165, 1.54) is 17.7 Å². The Morgan fingerprint density at radius 3 is 2.58 bits per heavy atom. The van der Waals surface area contributed by atoms with Gasteiger partial charge in [-0.25, -0.2) is 9.38 Å². The molecule has 136 valence electrons. The number of benzene rings is 2. The first-order valence-corrected chi connectivity index (χ1v) is 9.44. The van der Waals surface area contributed by atoms with Gasteiger partial charge in [-0.15, -0.1) is 11.3 Å². The molecule has 1 aromatic heterocycles. The molecule has 0 saturated heterocycles. The highest BCUT2D eigenvalue weighted by molar-refractivity contribution is 7.07. The summed E-state index contributed by atoms with van der Waals surface area (Å²) in [4.78, 5) is 5.83. The first-order chi connectivity index (χ1) is 12.5. The summed E-state index contributed by atoms with van der Waals surface area (Å²) in [5, 5.41) is 2.07. The lowest BCUT2D eigenvalue weighted by Gasteiger charge is -2.16. The Hall–Kier alpha value is -2.24. The maximum atomic E-state index is 13.3. The van der Waals surface area contributed by atoms with Crippen molar-refractivity contribution in [3.63, 3.8) is 0 Å². The van der Waals surface area contributed by atoms with Gasteiger partial charge < -0.3 is 9.30 Å². The molecule has 1 atom stereocenters. The van der Waals surface area contributed by atoms with Gasteiger partial charge in [-0.2, -0.15) is 0 Å². The third-order valence-electron chi connectivity index (χ3n) is 4.31. The molecule has 26 heavy (non-hydrogen) atoms. The number of nitrogens with zero attached hydrogens (tertiary/aromatic N) is 2. The highest BCUT2D eigenvalue weighted by Crippen LogP contribution is 2.25. The smallest absolute Gasteiger partial charge is 0.190 e. The second kappa shape index (κ2) is 7.98. The Labute approximate surface area is 157 Å². The summed E-state index contributed by atoms with van der Waals surface area (Å²) >= 11 is 1.59. The maximum Gasteiger partial charge on any atom is 0.190 e. The van der Waals surface area contributed by atoms with E-state index in [0.717, 1.165) is 27.3 Å². The average Bonchev–Trinajstić information content (AvgIpc) is 3.03. The molecule has 1 heterocycles. The van der Waals surface area contributed by atoms with Crippen molar-refractivity contribution in [1.82, 2.24) is 4.57 Å². The first kappa shape index (κ1) is 18.5. The first-order valence-electron chi connectivity index (χ1n) is 8.56. The zero-order chi connectivity index (χ0) is 18.7. The molecule has 2 aromatic carbocycles. The van der Waals surface area contributed by atoms with E-state index >= 15 is 0 Å². The summed E-state index contributed by atoms with van der Waals surface area (Å²) < 4.78 is 20.9. The van der Waals surface area contributed by atoms with Crippen LogP contribution >= 0.6 is 11.3 Å². The number of hydrogen-bond acceptors (Lipinski definition) is 3. The lowest BCUT2D eigenvalue weighted by molar-refractivity contribution is 0.162. The fourth-order valence-corrected chi connectivity index (χ4v) is 3.93. The summed E-state index contributed by atoms with van der Waals surface area (Å²) in [5.41, 5.74) is 5.27. The van der Waals surface area contributed by atoms with Crippen LogP contribution in [0.15, 0.2) is 52.8 Å². The van der Waals surface area contributed by atoms with Crippen LogP contribution in [0, 0.1) is 19.7 Å².